The number of rotatable bonds is 4. The summed E-state index contributed by atoms with van der Waals surface area (Å²) >= 11 is 17.0. The molecular weight excluding hydrogens is 493 g/mol. The van der Waals surface area contributed by atoms with Crippen molar-refractivity contribution in [1.82, 2.24) is 15.3 Å². The number of anilines is 2. The normalized spacial score (nSPS) is 12.9. The van der Waals surface area contributed by atoms with Crippen LogP contribution in [0.25, 0.3) is 0 Å². The van der Waals surface area contributed by atoms with E-state index in [9.17, 15) is 0 Å². The van der Waals surface area contributed by atoms with Crippen LogP contribution in [-0.4, -0.2) is 48.4 Å². The summed E-state index contributed by atoms with van der Waals surface area (Å²) in [6.45, 7) is 7.79. The van der Waals surface area contributed by atoms with E-state index >= 15 is 0 Å². The number of aryl methyl sites for hydroxylation is 2. The molecule has 4 rings (SSSR count). The molecule has 3 aromatic rings. The van der Waals surface area contributed by atoms with Crippen LogP contribution in [-0.2, 0) is 0 Å². The molecule has 180 valence electrons. The molecule has 0 spiro atoms. The molecule has 1 aromatic heterocycles. The van der Waals surface area contributed by atoms with E-state index in [0.29, 0.717) is 27.5 Å². The molecule has 0 unspecified atom stereocenters. The van der Waals surface area contributed by atoms with Gasteiger partial charge in [-0.05, 0) is 56.4 Å². The second kappa shape index (κ2) is 12.7. The molecule has 2 N–H and O–H groups in total. The molecule has 2 aromatic carbocycles. The van der Waals surface area contributed by atoms with Crippen LogP contribution in [0.2, 0.25) is 10.0 Å². The fourth-order valence-corrected chi connectivity index (χ4v) is 3.88. The molecule has 0 aliphatic carbocycles. The Bertz CT molecular complexity index is 1090. The van der Waals surface area contributed by atoms with Gasteiger partial charge in [0.15, 0.2) is 5.82 Å². The molecule has 2 heterocycles. The molecular formula is C24H27Cl2N5O2S. The Morgan fingerprint density at radius 1 is 1.00 bits per heavy atom. The van der Waals surface area contributed by atoms with E-state index in [1.54, 1.807) is 6.07 Å². The summed E-state index contributed by atoms with van der Waals surface area (Å²) < 4.78 is 10.7. The number of thiocarbonyl (C=S) groups is 1. The zero-order valence-electron chi connectivity index (χ0n) is 19.3. The van der Waals surface area contributed by atoms with Crippen LogP contribution >= 0.6 is 35.4 Å². The zero-order chi connectivity index (χ0) is 24.5. The average Bonchev–Trinajstić information content (AvgIpc) is 2.82. The van der Waals surface area contributed by atoms with Crippen LogP contribution in [0.3, 0.4) is 0 Å². The highest BCUT2D eigenvalue weighted by Crippen LogP contribution is 2.25. The van der Waals surface area contributed by atoms with Crippen molar-refractivity contribution >= 4 is 52.1 Å². The van der Waals surface area contributed by atoms with Gasteiger partial charge in [0.1, 0.15) is 5.75 Å². The maximum Gasteiger partial charge on any atom is 0.268 e. The number of nitrogens with one attached hydrogen (secondary N) is 2. The lowest BCUT2D eigenvalue weighted by atomic mass is 10.2. The molecule has 1 saturated heterocycles. The highest BCUT2D eigenvalue weighted by molar-refractivity contribution is 7.80. The Hall–Kier alpha value is -2.65. The standard InChI is InChI=1S/C14H15N3O2S.C10H12Cl2N2/c1-9-10(2)16-13(18-3)12(15-9)17-14(20)19-11-7-5-4-6-8-11;11-8-5-9(12)7-10(6-8)14-3-1-13-2-4-14/h4-8H,1-3H3,(H,15,17,20);5-7,13H,1-4H2. The molecule has 1 aliphatic heterocycles. The van der Waals surface area contributed by atoms with Crippen molar-refractivity contribution in [2.75, 3.05) is 43.5 Å². The number of aromatic nitrogens is 2. The highest BCUT2D eigenvalue weighted by atomic mass is 35.5. The summed E-state index contributed by atoms with van der Waals surface area (Å²) in [6, 6.07) is 14.9. The van der Waals surface area contributed by atoms with E-state index in [0.717, 1.165) is 43.3 Å². The van der Waals surface area contributed by atoms with Crippen LogP contribution < -0.4 is 25.0 Å². The first-order valence-corrected chi connectivity index (χ1v) is 11.9. The van der Waals surface area contributed by atoms with E-state index in [-0.39, 0.29) is 5.17 Å². The van der Waals surface area contributed by atoms with E-state index in [1.165, 1.54) is 7.11 Å². The second-order valence-corrected chi connectivity index (χ2v) is 8.69. The van der Waals surface area contributed by atoms with Gasteiger partial charge in [-0.2, -0.15) is 0 Å². The lowest BCUT2D eigenvalue weighted by molar-refractivity contribution is 0.396. The van der Waals surface area contributed by atoms with Crippen LogP contribution in [0.4, 0.5) is 11.5 Å². The number of nitrogens with zero attached hydrogens (tertiary/aromatic N) is 3. The van der Waals surface area contributed by atoms with Crippen LogP contribution in [0.5, 0.6) is 11.6 Å². The smallest absolute Gasteiger partial charge is 0.268 e. The van der Waals surface area contributed by atoms with Crippen LogP contribution in [0, 0.1) is 13.8 Å². The van der Waals surface area contributed by atoms with Crippen molar-refractivity contribution in [3.63, 3.8) is 0 Å². The minimum Gasteiger partial charge on any atom is -0.478 e. The summed E-state index contributed by atoms with van der Waals surface area (Å²) in [7, 11) is 1.53. The third-order valence-electron chi connectivity index (χ3n) is 4.97. The summed E-state index contributed by atoms with van der Waals surface area (Å²) in [5.41, 5.74) is 2.72. The SMILES string of the molecule is COc1nc(C)c(C)nc1NC(=S)Oc1ccccc1.Clc1cc(Cl)cc(N2CCNCC2)c1. The first kappa shape index (κ1) is 26.0. The molecule has 1 fully saturated rings. The van der Waals surface area contributed by atoms with Gasteiger partial charge in [-0.15, -0.1) is 0 Å². The largest absolute Gasteiger partial charge is 0.478 e. The highest BCUT2D eigenvalue weighted by Gasteiger charge is 2.12. The second-order valence-electron chi connectivity index (χ2n) is 7.44. The summed E-state index contributed by atoms with van der Waals surface area (Å²) in [4.78, 5) is 10.9. The van der Waals surface area contributed by atoms with Gasteiger partial charge < -0.3 is 19.7 Å². The van der Waals surface area contributed by atoms with Crippen LogP contribution in [0.1, 0.15) is 11.4 Å². The molecule has 0 radical (unpaired) electrons. The number of methoxy groups -OCH3 is 1. The molecule has 0 saturated carbocycles. The van der Waals surface area contributed by atoms with E-state index in [1.807, 2.05) is 56.3 Å². The molecule has 7 nitrogen and oxygen atoms in total. The van der Waals surface area contributed by atoms with E-state index in [4.69, 9.17) is 44.9 Å². The number of para-hydroxylation sites is 1. The van der Waals surface area contributed by atoms with Gasteiger partial charge >= 0.3 is 0 Å². The number of piperazine rings is 1. The Morgan fingerprint density at radius 3 is 2.24 bits per heavy atom. The third-order valence-corrected chi connectivity index (χ3v) is 5.59. The maximum absolute atomic E-state index is 5.94. The fraction of sp³-hybridized carbons (Fsp3) is 0.292. The Kier molecular flexibility index (Phi) is 9.71. The van der Waals surface area contributed by atoms with E-state index < -0.39 is 0 Å². The number of hydrogen-bond acceptors (Lipinski definition) is 7. The fourth-order valence-electron chi connectivity index (χ4n) is 3.17. The summed E-state index contributed by atoms with van der Waals surface area (Å²) in [6.07, 6.45) is 0. The van der Waals surface area contributed by atoms with Crippen molar-refractivity contribution in [2.45, 2.75) is 13.8 Å². The molecule has 10 heteroatoms. The van der Waals surface area contributed by atoms with Crippen molar-refractivity contribution in [1.29, 1.82) is 0 Å². The van der Waals surface area contributed by atoms with Gasteiger partial charge in [0.2, 0.25) is 0 Å². The monoisotopic (exact) mass is 519 g/mol. The predicted octanol–water partition coefficient (Wildman–Crippen LogP) is 5.28. The first-order chi connectivity index (χ1) is 16.4. The van der Waals surface area contributed by atoms with Gasteiger partial charge in [-0.1, -0.05) is 41.4 Å². The van der Waals surface area contributed by atoms with Crippen LogP contribution in [0.15, 0.2) is 48.5 Å². The number of hydrogen-bond donors (Lipinski definition) is 2. The van der Waals surface area contributed by atoms with Crippen molar-refractivity contribution in [3.8, 4) is 11.6 Å². The molecule has 0 bridgehead atoms. The number of halogens is 2. The minimum absolute atomic E-state index is 0.187. The summed E-state index contributed by atoms with van der Waals surface area (Å²) in [5, 5.41) is 7.78. The number of benzene rings is 2. The van der Waals surface area contributed by atoms with Gasteiger partial charge in [0, 0.05) is 41.9 Å². The Labute approximate surface area is 215 Å². The van der Waals surface area contributed by atoms with E-state index in [2.05, 4.69) is 25.5 Å². The van der Waals surface area contributed by atoms with Crippen molar-refractivity contribution < 1.29 is 9.47 Å². The topological polar surface area (TPSA) is 71.5 Å². The first-order valence-electron chi connectivity index (χ1n) is 10.7. The average molecular weight is 520 g/mol. The Morgan fingerprint density at radius 2 is 1.62 bits per heavy atom. The molecule has 0 amide bonds. The summed E-state index contributed by atoms with van der Waals surface area (Å²) in [5.74, 6) is 1.48. The minimum atomic E-state index is 0.187. The number of ether oxygens (including phenoxy) is 2. The molecule has 1 aliphatic rings. The predicted molar refractivity (Wildman–Crippen MR) is 143 cm³/mol. The van der Waals surface area contributed by atoms with Crippen molar-refractivity contribution in [3.05, 3.63) is 70.0 Å². The zero-order valence-corrected chi connectivity index (χ0v) is 21.6. The van der Waals surface area contributed by atoms with Gasteiger partial charge in [0.05, 0.1) is 18.5 Å². The third kappa shape index (κ3) is 7.70. The lowest BCUT2D eigenvalue weighted by Gasteiger charge is -2.29. The van der Waals surface area contributed by atoms with Gasteiger partial charge in [-0.25, -0.2) is 9.97 Å². The molecule has 34 heavy (non-hydrogen) atoms. The maximum atomic E-state index is 5.94. The lowest BCUT2D eigenvalue weighted by Crippen LogP contribution is -2.43. The van der Waals surface area contributed by atoms with Gasteiger partial charge in [-0.3, -0.25) is 5.32 Å². The van der Waals surface area contributed by atoms with Crippen molar-refractivity contribution in [2.24, 2.45) is 0 Å². The van der Waals surface area contributed by atoms with Gasteiger partial charge in [0.25, 0.3) is 11.1 Å². The quantitative estimate of drug-likeness (QED) is 0.451. The molecule has 0 atom stereocenters. The Balaban J connectivity index is 0.000000202.